The molecule has 2 aliphatic rings. The molecule has 5 N–H and O–H groups in total. The summed E-state index contributed by atoms with van der Waals surface area (Å²) in [6.45, 7) is 5.41. The molecule has 1 amide bonds. The van der Waals surface area contributed by atoms with Gasteiger partial charge in [0.1, 0.15) is 24.1 Å². The van der Waals surface area contributed by atoms with Crippen molar-refractivity contribution < 1.29 is 19.7 Å². The van der Waals surface area contributed by atoms with Gasteiger partial charge in [-0.15, -0.1) is 0 Å². The molecule has 1 fully saturated rings. The highest BCUT2D eigenvalue weighted by Gasteiger charge is 2.45. The number of hydrogen-bond donors (Lipinski definition) is 4. The number of ether oxygens (including phenoxy) is 1. The van der Waals surface area contributed by atoms with Gasteiger partial charge in [-0.3, -0.25) is 4.79 Å². The number of rotatable bonds is 2. The normalized spacial score (nSPS) is 36.7. The van der Waals surface area contributed by atoms with E-state index in [9.17, 15) is 15.0 Å². The van der Waals surface area contributed by atoms with Gasteiger partial charge in [0.25, 0.3) is 5.91 Å². The van der Waals surface area contributed by atoms with Crippen molar-refractivity contribution >= 4 is 5.91 Å². The third kappa shape index (κ3) is 2.01. The Kier molecular flexibility index (Phi) is 3.40. The van der Waals surface area contributed by atoms with E-state index in [1.165, 1.54) is 11.1 Å². The number of aliphatic hydroxyl groups excluding tert-OH is 2. The predicted octanol–water partition coefficient (Wildman–Crippen LogP) is -1.80. The molecule has 0 bridgehead atoms. The van der Waals surface area contributed by atoms with Gasteiger partial charge in [-0.2, -0.15) is 0 Å². The molecule has 100 valence electrons. The molecule has 2 aliphatic heterocycles. The third-order valence-corrected chi connectivity index (χ3v) is 3.10. The molecule has 0 spiro atoms. The number of carbonyl (C=O) groups excluding carboxylic acids is 1. The van der Waals surface area contributed by atoms with Crippen LogP contribution in [0.2, 0.25) is 0 Å². The largest absolute Gasteiger partial charge is 0.387 e. The molecule has 0 saturated carbocycles. The zero-order valence-corrected chi connectivity index (χ0v) is 10.0. The molecule has 2 heterocycles. The van der Waals surface area contributed by atoms with E-state index < -0.39 is 24.5 Å². The molecule has 0 aromatic carbocycles. The molecular formula is C11H17N3O4. The van der Waals surface area contributed by atoms with E-state index in [0.29, 0.717) is 11.4 Å². The molecule has 2 rings (SSSR count). The number of aliphatic hydroxyl groups is 2. The van der Waals surface area contributed by atoms with Crippen molar-refractivity contribution in [3.8, 4) is 0 Å². The van der Waals surface area contributed by atoms with E-state index in [1.807, 2.05) is 0 Å². The molecule has 0 aliphatic carbocycles. The van der Waals surface area contributed by atoms with Crippen molar-refractivity contribution in [2.75, 3.05) is 6.54 Å². The van der Waals surface area contributed by atoms with E-state index in [4.69, 9.17) is 10.5 Å². The summed E-state index contributed by atoms with van der Waals surface area (Å²) in [6, 6.07) is 0. The zero-order chi connectivity index (χ0) is 13.4. The van der Waals surface area contributed by atoms with Gasteiger partial charge >= 0.3 is 0 Å². The van der Waals surface area contributed by atoms with Gasteiger partial charge in [0, 0.05) is 18.3 Å². The van der Waals surface area contributed by atoms with E-state index in [-0.39, 0.29) is 12.5 Å². The zero-order valence-electron chi connectivity index (χ0n) is 10.0. The Balaban J connectivity index is 2.22. The molecule has 7 nitrogen and oxygen atoms in total. The summed E-state index contributed by atoms with van der Waals surface area (Å²) in [5.41, 5.74) is 5.90. The van der Waals surface area contributed by atoms with Crippen LogP contribution in [0.15, 0.2) is 24.2 Å². The lowest BCUT2D eigenvalue weighted by molar-refractivity contribution is -0.119. The second-order valence-corrected chi connectivity index (χ2v) is 4.40. The fourth-order valence-electron chi connectivity index (χ4n) is 2.02. The minimum Gasteiger partial charge on any atom is -0.387 e. The first-order chi connectivity index (χ1) is 8.45. The minimum atomic E-state index is -1.12. The monoisotopic (exact) mass is 255 g/mol. The smallest absolute Gasteiger partial charge is 0.253 e. The number of amides is 1. The maximum atomic E-state index is 11.4. The molecule has 18 heavy (non-hydrogen) atoms. The second kappa shape index (κ2) is 4.69. The summed E-state index contributed by atoms with van der Waals surface area (Å²) in [5, 5.41) is 22.2. The Bertz CT molecular complexity index is 409. The van der Waals surface area contributed by atoms with Crippen LogP contribution in [0, 0.1) is 0 Å². The molecule has 7 heteroatoms. The SMILES string of the molecule is C=C1NC(=O)C(C)=CN1[C@@H]1O[C@H](CN)C(O)[C@@H]1O. The van der Waals surface area contributed by atoms with Crippen LogP contribution in [0.1, 0.15) is 6.92 Å². The maximum absolute atomic E-state index is 11.4. The third-order valence-electron chi connectivity index (χ3n) is 3.10. The van der Waals surface area contributed by atoms with Crippen LogP contribution < -0.4 is 11.1 Å². The number of carbonyl (C=O) groups is 1. The van der Waals surface area contributed by atoms with E-state index in [1.54, 1.807) is 6.92 Å². The average Bonchev–Trinajstić information content (AvgIpc) is 2.61. The van der Waals surface area contributed by atoms with Crippen LogP contribution in [-0.2, 0) is 9.53 Å². The first-order valence-corrected chi connectivity index (χ1v) is 5.64. The van der Waals surface area contributed by atoms with Crippen molar-refractivity contribution in [3.05, 3.63) is 24.2 Å². The van der Waals surface area contributed by atoms with Crippen LogP contribution >= 0.6 is 0 Å². The number of nitrogens with one attached hydrogen (secondary N) is 1. The molecule has 0 radical (unpaired) electrons. The minimum absolute atomic E-state index is 0.101. The maximum Gasteiger partial charge on any atom is 0.253 e. The first-order valence-electron chi connectivity index (χ1n) is 5.64. The Morgan fingerprint density at radius 2 is 2.22 bits per heavy atom. The molecule has 0 aromatic heterocycles. The first kappa shape index (κ1) is 13.0. The van der Waals surface area contributed by atoms with Crippen LogP contribution in [0.25, 0.3) is 0 Å². The van der Waals surface area contributed by atoms with Crippen molar-refractivity contribution in [3.63, 3.8) is 0 Å². The number of nitrogens with two attached hydrogens (primary N) is 1. The lowest BCUT2D eigenvalue weighted by Gasteiger charge is -2.33. The van der Waals surface area contributed by atoms with Gasteiger partial charge in [-0.05, 0) is 6.92 Å². The molecule has 0 aromatic rings. The molecule has 4 atom stereocenters. The summed E-state index contributed by atoms with van der Waals surface area (Å²) in [5.74, 6) is 0.0409. The van der Waals surface area contributed by atoms with Crippen LogP contribution in [0.3, 0.4) is 0 Å². The summed E-state index contributed by atoms with van der Waals surface area (Å²) in [4.78, 5) is 12.9. The van der Waals surface area contributed by atoms with Crippen LogP contribution in [-0.4, -0.2) is 52.1 Å². The topological polar surface area (TPSA) is 108 Å². The van der Waals surface area contributed by atoms with Crippen LogP contribution in [0.4, 0.5) is 0 Å². The Morgan fingerprint density at radius 3 is 2.78 bits per heavy atom. The highest BCUT2D eigenvalue weighted by Crippen LogP contribution is 2.27. The fourth-order valence-corrected chi connectivity index (χ4v) is 2.02. The van der Waals surface area contributed by atoms with Crippen molar-refractivity contribution in [2.24, 2.45) is 5.73 Å². The van der Waals surface area contributed by atoms with Crippen LogP contribution in [0.5, 0.6) is 0 Å². The fraction of sp³-hybridized carbons (Fsp3) is 0.545. The second-order valence-electron chi connectivity index (χ2n) is 4.40. The van der Waals surface area contributed by atoms with Gasteiger partial charge in [-0.25, -0.2) is 0 Å². The summed E-state index contributed by atoms with van der Waals surface area (Å²) < 4.78 is 5.47. The van der Waals surface area contributed by atoms with Gasteiger partial charge in [0.15, 0.2) is 6.23 Å². The summed E-state index contributed by atoms with van der Waals surface area (Å²) >= 11 is 0. The van der Waals surface area contributed by atoms with Gasteiger partial charge < -0.3 is 30.9 Å². The Morgan fingerprint density at radius 1 is 1.56 bits per heavy atom. The van der Waals surface area contributed by atoms with E-state index in [0.717, 1.165) is 0 Å². The Hall–Kier alpha value is -1.41. The summed E-state index contributed by atoms with van der Waals surface area (Å²) in [6.07, 6.45) is -2.09. The highest BCUT2D eigenvalue weighted by molar-refractivity contribution is 5.94. The molecule has 1 unspecified atom stereocenters. The Labute approximate surface area is 105 Å². The molecular weight excluding hydrogens is 238 g/mol. The quantitative estimate of drug-likeness (QED) is 0.463. The predicted molar refractivity (Wildman–Crippen MR) is 62.6 cm³/mol. The lowest BCUT2D eigenvalue weighted by atomic mass is 10.1. The standard InChI is InChI=1S/C11H17N3O4/c1-5-4-14(6(2)13-10(5)17)11-9(16)8(15)7(3-12)18-11/h4,7-9,11,15-16H,2-3,12H2,1H3,(H,13,17)/t7-,8?,9+,11-/m1/s1. The molecule has 1 saturated heterocycles. The van der Waals surface area contributed by atoms with Crippen molar-refractivity contribution in [1.82, 2.24) is 10.2 Å². The van der Waals surface area contributed by atoms with Gasteiger partial charge in [0.2, 0.25) is 0 Å². The average molecular weight is 255 g/mol. The number of nitrogens with zero attached hydrogens (tertiary/aromatic N) is 1. The van der Waals surface area contributed by atoms with E-state index >= 15 is 0 Å². The highest BCUT2D eigenvalue weighted by atomic mass is 16.6. The van der Waals surface area contributed by atoms with Crippen molar-refractivity contribution in [1.29, 1.82) is 0 Å². The van der Waals surface area contributed by atoms with Gasteiger partial charge in [-0.1, -0.05) is 6.58 Å². The summed E-state index contributed by atoms with van der Waals surface area (Å²) in [7, 11) is 0. The number of hydrogen-bond acceptors (Lipinski definition) is 6. The van der Waals surface area contributed by atoms with Crippen molar-refractivity contribution in [2.45, 2.75) is 31.5 Å². The van der Waals surface area contributed by atoms with Gasteiger partial charge in [0.05, 0.1) is 0 Å². The van der Waals surface area contributed by atoms with E-state index in [2.05, 4.69) is 11.9 Å². The lowest BCUT2D eigenvalue weighted by Crippen LogP contribution is -2.47.